The molecule has 1 saturated heterocycles. The molecule has 1 aromatic rings. The highest BCUT2D eigenvalue weighted by atomic mass is 16.6. The summed E-state index contributed by atoms with van der Waals surface area (Å²) in [7, 11) is 1.60. The van der Waals surface area contributed by atoms with Gasteiger partial charge in [-0.05, 0) is 32.0 Å². The maximum atomic E-state index is 10.9. The molecule has 1 aliphatic rings. The molecule has 2 rings (SSSR count). The standard InChI is InChI=1S/C16H25N3O3/c1-22-13-14-12-15(19(20)21)6-7-16(14)17-8-11-18-9-4-2-3-5-10-18/h6-7,12,17H,2-5,8-11,13H2,1H3. The summed E-state index contributed by atoms with van der Waals surface area (Å²) in [4.78, 5) is 13.0. The SMILES string of the molecule is COCc1cc([N+](=O)[O-])ccc1NCCN1CCCCCC1. The summed E-state index contributed by atoms with van der Waals surface area (Å²) in [6.07, 6.45) is 5.24. The van der Waals surface area contributed by atoms with E-state index in [1.165, 1.54) is 44.8 Å². The van der Waals surface area contributed by atoms with Crippen LogP contribution in [-0.2, 0) is 11.3 Å². The van der Waals surface area contributed by atoms with E-state index in [-0.39, 0.29) is 10.6 Å². The van der Waals surface area contributed by atoms with Crippen LogP contribution in [0.1, 0.15) is 31.2 Å². The minimum absolute atomic E-state index is 0.102. The molecule has 0 aliphatic carbocycles. The normalized spacial score (nSPS) is 16.2. The number of hydrogen-bond acceptors (Lipinski definition) is 5. The molecule has 1 aromatic carbocycles. The Morgan fingerprint density at radius 1 is 1.27 bits per heavy atom. The first-order chi connectivity index (χ1) is 10.7. The number of benzene rings is 1. The topological polar surface area (TPSA) is 67.6 Å². The summed E-state index contributed by atoms with van der Waals surface area (Å²) in [5.41, 5.74) is 1.85. The second-order valence-corrected chi connectivity index (χ2v) is 5.71. The Kier molecular flexibility index (Phi) is 6.61. The van der Waals surface area contributed by atoms with Gasteiger partial charge in [-0.2, -0.15) is 0 Å². The van der Waals surface area contributed by atoms with Crippen molar-refractivity contribution in [3.8, 4) is 0 Å². The summed E-state index contributed by atoms with van der Waals surface area (Å²) in [5.74, 6) is 0. The lowest BCUT2D eigenvalue weighted by atomic mass is 10.1. The maximum Gasteiger partial charge on any atom is 0.269 e. The van der Waals surface area contributed by atoms with Crippen LogP contribution in [0.25, 0.3) is 0 Å². The summed E-state index contributed by atoms with van der Waals surface area (Å²) in [6.45, 7) is 4.56. The fourth-order valence-electron chi connectivity index (χ4n) is 2.85. The third-order valence-corrected chi connectivity index (χ3v) is 4.04. The predicted octanol–water partition coefficient (Wildman–Crippen LogP) is 3.03. The second kappa shape index (κ2) is 8.70. The average molecular weight is 307 g/mol. The molecule has 6 nitrogen and oxygen atoms in total. The number of non-ortho nitro benzene ring substituents is 1. The van der Waals surface area contributed by atoms with Gasteiger partial charge in [0.05, 0.1) is 11.5 Å². The predicted molar refractivity (Wildman–Crippen MR) is 87.2 cm³/mol. The number of anilines is 1. The van der Waals surface area contributed by atoms with Crippen molar-refractivity contribution >= 4 is 11.4 Å². The Labute approximate surface area is 131 Å². The molecule has 6 heteroatoms. The summed E-state index contributed by atoms with van der Waals surface area (Å²) in [6, 6.07) is 4.89. The average Bonchev–Trinajstić information content (AvgIpc) is 2.77. The molecule has 122 valence electrons. The first-order valence-corrected chi connectivity index (χ1v) is 7.93. The van der Waals surface area contributed by atoms with Crippen LogP contribution in [0.3, 0.4) is 0 Å². The first-order valence-electron chi connectivity index (χ1n) is 7.93. The van der Waals surface area contributed by atoms with Gasteiger partial charge in [-0.15, -0.1) is 0 Å². The minimum atomic E-state index is -0.375. The highest BCUT2D eigenvalue weighted by molar-refractivity contribution is 5.55. The Hall–Kier alpha value is -1.66. The van der Waals surface area contributed by atoms with Crippen LogP contribution in [0.15, 0.2) is 18.2 Å². The van der Waals surface area contributed by atoms with Crippen molar-refractivity contribution in [1.82, 2.24) is 4.90 Å². The smallest absolute Gasteiger partial charge is 0.269 e. The summed E-state index contributed by atoms with van der Waals surface area (Å²) in [5, 5.41) is 14.2. The number of nitro benzene ring substituents is 1. The molecule has 1 heterocycles. The first kappa shape index (κ1) is 16.7. The number of methoxy groups -OCH3 is 1. The van der Waals surface area contributed by atoms with Crippen molar-refractivity contribution in [2.24, 2.45) is 0 Å². The minimum Gasteiger partial charge on any atom is -0.383 e. The third kappa shape index (κ3) is 4.96. The molecule has 0 amide bonds. The monoisotopic (exact) mass is 307 g/mol. The lowest BCUT2D eigenvalue weighted by molar-refractivity contribution is -0.384. The van der Waals surface area contributed by atoms with E-state index in [0.717, 1.165) is 24.3 Å². The van der Waals surface area contributed by atoms with Gasteiger partial charge in [-0.25, -0.2) is 0 Å². The van der Waals surface area contributed by atoms with Crippen LogP contribution in [0.5, 0.6) is 0 Å². The number of rotatable bonds is 7. The zero-order chi connectivity index (χ0) is 15.8. The maximum absolute atomic E-state index is 10.9. The van der Waals surface area contributed by atoms with Gasteiger partial charge in [0.15, 0.2) is 0 Å². The number of nitrogens with zero attached hydrogens (tertiary/aromatic N) is 2. The van der Waals surface area contributed by atoms with E-state index in [1.807, 2.05) is 0 Å². The van der Waals surface area contributed by atoms with E-state index >= 15 is 0 Å². The number of likely N-dealkylation sites (tertiary alicyclic amines) is 1. The van der Waals surface area contributed by atoms with Crippen LogP contribution in [0, 0.1) is 10.1 Å². The zero-order valence-corrected chi connectivity index (χ0v) is 13.2. The molecule has 0 aromatic heterocycles. The van der Waals surface area contributed by atoms with E-state index < -0.39 is 0 Å². The lowest BCUT2D eigenvalue weighted by Gasteiger charge is -2.20. The van der Waals surface area contributed by atoms with Crippen molar-refractivity contribution in [1.29, 1.82) is 0 Å². The van der Waals surface area contributed by atoms with Crippen molar-refractivity contribution in [3.05, 3.63) is 33.9 Å². The molecular formula is C16H25N3O3. The van der Waals surface area contributed by atoms with Crippen LogP contribution in [0.2, 0.25) is 0 Å². The number of ether oxygens (including phenoxy) is 1. The fraction of sp³-hybridized carbons (Fsp3) is 0.625. The van der Waals surface area contributed by atoms with Crippen LogP contribution in [0.4, 0.5) is 11.4 Å². The van der Waals surface area contributed by atoms with Crippen molar-refractivity contribution in [2.45, 2.75) is 32.3 Å². The van der Waals surface area contributed by atoms with Crippen LogP contribution >= 0.6 is 0 Å². The summed E-state index contributed by atoms with van der Waals surface area (Å²) >= 11 is 0. The molecule has 0 radical (unpaired) electrons. The Morgan fingerprint density at radius 3 is 2.64 bits per heavy atom. The van der Waals surface area contributed by atoms with Crippen molar-refractivity contribution in [3.63, 3.8) is 0 Å². The van der Waals surface area contributed by atoms with Gasteiger partial charge in [-0.3, -0.25) is 10.1 Å². The van der Waals surface area contributed by atoms with Gasteiger partial charge < -0.3 is 15.0 Å². The molecule has 1 fully saturated rings. The van der Waals surface area contributed by atoms with E-state index in [1.54, 1.807) is 19.2 Å². The number of nitro groups is 1. The Balaban J connectivity index is 1.91. The van der Waals surface area contributed by atoms with E-state index in [9.17, 15) is 10.1 Å². The lowest BCUT2D eigenvalue weighted by Crippen LogP contribution is -2.30. The quantitative estimate of drug-likeness (QED) is 0.619. The van der Waals surface area contributed by atoms with Crippen molar-refractivity contribution in [2.75, 3.05) is 38.6 Å². The number of hydrogen-bond donors (Lipinski definition) is 1. The molecule has 0 unspecified atom stereocenters. The molecule has 0 bridgehead atoms. The molecule has 1 N–H and O–H groups in total. The van der Waals surface area contributed by atoms with Gasteiger partial charge in [-0.1, -0.05) is 12.8 Å². The molecule has 0 saturated carbocycles. The third-order valence-electron chi connectivity index (χ3n) is 4.04. The van der Waals surface area contributed by atoms with E-state index in [4.69, 9.17) is 4.74 Å². The van der Waals surface area contributed by atoms with Gasteiger partial charge in [0.2, 0.25) is 0 Å². The number of nitrogens with one attached hydrogen (secondary N) is 1. The molecule has 0 spiro atoms. The van der Waals surface area contributed by atoms with Gasteiger partial charge in [0.25, 0.3) is 5.69 Å². The molecule has 1 aliphatic heterocycles. The van der Waals surface area contributed by atoms with Crippen LogP contribution in [-0.4, -0.2) is 43.1 Å². The van der Waals surface area contributed by atoms with Gasteiger partial charge >= 0.3 is 0 Å². The van der Waals surface area contributed by atoms with Gasteiger partial charge in [0, 0.05) is 43.6 Å². The van der Waals surface area contributed by atoms with E-state index in [0.29, 0.717) is 6.61 Å². The van der Waals surface area contributed by atoms with Crippen molar-refractivity contribution < 1.29 is 9.66 Å². The zero-order valence-electron chi connectivity index (χ0n) is 13.2. The van der Waals surface area contributed by atoms with E-state index in [2.05, 4.69) is 10.2 Å². The fourth-order valence-corrected chi connectivity index (χ4v) is 2.85. The molecular weight excluding hydrogens is 282 g/mol. The van der Waals surface area contributed by atoms with Gasteiger partial charge in [0.1, 0.15) is 0 Å². The second-order valence-electron chi connectivity index (χ2n) is 5.71. The summed E-state index contributed by atoms with van der Waals surface area (Å²) < 4.78 is 5.14. The highest BCUT2D eigenvalue weighted by Gasteiger charge is 2.12. The Morgan fingerprint density at radius 2 is 2.00 bits per heavy atom. The largest absolute Gasteiger partial charge is 0.383 e. The molecule has 22 heavy (non-hydrogen) atoms. The molecule has 0 atom stereocenters. The Bertz CT molecular complexity index is 486. The highest BCUT2D eigenvalue weighted by Crippen LogP contribution is 2.22. The van der Waals surface area contributed by atoms with Crippen LogP contribution < -0.4 is 5.32 Å².